The lowest BCUT2D eigenvalue weighted by atomic mass is 10.3. The molecule has 1 aromatic rings. The van der Waals surface area contributed by atoms with Crippen molar-refractivity contribution in [2.24, 2.45) is 0 Å². The smallest absolute Gasteiger partial charge is 0.250 e. The zero-order chi connectivity index (χ0) is 17.6. The predicted octanol–water partition coefficient (Wildman–Crippen LogP) is 1.79. The Hall–Kier alpha value is -1.09. The molecule has 0 aliphatic carbocycles. The van der Waals surface area contributed by atoms with Gasteiger partial charge in [-0.2, -0.15) is 15.0 Å². The minimum Gasteiger partial charge on any atom is -0.378 e. The van der Waals surface area contributed by atoms with Gasteiger partial charge in [-0.15, -0.1) is 0 Å². The Kier molecular flexibility index (Phi) is 7.09. The molecule has 1 aromatic heterocycles. The van der Waals surface area contributed by atoms with Gasteiger partial charge in [-0.25, -0.2) is 0 Å². The van der Waals surface area contributed by atoms with Gasteiger partial charge in [-0.1, -0.05) is 34.8 Å². The van der Waals surface area contributed by atoms with Gasteiger partial charge >= 0.3 is 0 Å². The molecule has 0 bridgehead atoms. The SMILES string of the molecule is CCNc1nc(NCCC(=O)N2CCOCC2)nc(C(Cl)(Cl)Cl)n1. The summed E-state index contributed by atoms with van der Waals surface area (Å²) >= 11 is 17.5. The van der Waals surface area contributed by atoms with Crippen LogP contribution in [-0.2, 0) is 13.3 Å². The van der Waals surface area contributed by atoms with Crippen LogP contribution in [0.3, 0.4) is 0 Å². The van der Waals surface area contributed by atoms with E-state index in [9.17, 15) is 4.79 Å². The Morgan fingerprint density at radius 2 is 1.79 bits per heavy atom. The number of ether oxygens (including phenoxy) is 1. The normalized spacial score (nSPS) is 15.2. The first kappa shape index (κ1) is 19.2. The van der Waals surface area contributed by atoms with Gasteiger partial charge in [0.15, 0.2) is 5.82 Å². The molecule has 0 radical (unpaired) electrons. The second-order valence-corrected chi connectivity index (χ2v) is 7.29. The van der Waals surface area contributed by atoms with Crippen LogP contribution in [0.2, 0.25) is 0 Å². The Balaban J connectivity index is 1.95. The third kappa shape index (κ3) is 5.77. The Labute approximate surface area is 155 Å². The van der Waals surface area contributed by atoms with E-state index in [1.165, 1.54) is 0 Å². The van der Waals surface area contributed by atoms with Crippen LogP contribution in [0.15, 0.2) is 0 Å². The predicted molar refractivity (Wildman–Crippen MR) is 93.7 cm³/mol. The van der Waals surface area contributed by atoms with Gasteiger partial charge in [0.05, 0.1) is 13.2 Å². The van der Waals surface area contributed by atoms with Gasteiger partial charge in [0.1, 0.15) is 0 Å². The highest BCUT2D eigenvalue weighted by Crippen LogP contribution is 2.36. The van der Waals surface area contributed by atoms with Crippen molar-refractivity contribution < 1.29 is 9.53 Å². The number of nitrogens with zero attached hydrogens (tertiary/aromatic N) is 4. The topological polar surface area (TPSA) is 92.3 Å². The van der Waals surface area contributed by atoms with E-state index >= 15 is 0 Å². The summed E-state index contributed by atoms with van der Waals surface area (Å²) < 4.78 is 3.47. The number of hydrogen-bond acceptors (Lipinski definition) is 7. The molecule has 0 atom stereocenters. The number of anilines is 2. The van der Waals surface area contributed by atoms with Crippen LogP contribution in [0.4, 0.5) is 11.9 Å². The van der Waals surface area contributed by atoms with Crippen molar-refractivity contribution in [3.05, 3.63) is 5.82 Å². The molecule has 2 rings (SSSR count). The molecule has 8 nitrogen and oxygen atoms in total. The maximum atomic E-state index is 12.1. The van der Waals surface area contributed by atoms with Crippen molar-refractivity contribution in [2.45, 2.75) is 17.1 Å². The van der Waals surface area contributed by atoms with E-state index < -0.39 is 3.79 Å². The quantitative estimate of drug-likeness (QED) is 0.707. The summed E-state index contributed by atoms with van der Waals surface area (Å²) in [5.74, 6) is 0.613. The third-order valence-electron chi connectivity index (χ3n) is 3.21. The molecule has 2 heterocycles. The summed E-state index contributed by atoms with van der Waals surface area (Å²) in [5, 5.41) is 5.91. The van der Waals surface area contributed by atoms with Crippen LogP contribution in [-0.4, -0.2) is 65.2 Å². The number of rotatable bonds is 6. The number of carbonyl (C=O) groups excluding carboxylic acids is 1. The van der Waals surface area contributed by atoms with E-state index in [1.54, 1.807) is 4.90 Å². The first-order chi connectivity index (χ1) is 11.4. The molecule has 0 spiro atoms. The maximum absolute atomic E-state index is 12.1. The largest absolute Gasteiger partial charge is 0.378 e. The number of aromatic nitrogens is 3. The van der Waals surface area contributed by atoms with Gasteiger partial charge in [-0.05, 0) is 6.92 Å². The summed E-state index contributed by atoms with van der Waals surface area (Å²) in [6.45, 7) is 5.26. The Morgan fingerprint density at radius 3 is 2.38 bits per heavy atom. The number of carbonyl (C=O) groups is 1. The van der Waals surface area contributed by atoms with Crippen molar-refractivity contribution in [3.8, 4) is 0 Å². The zero-order valence-electron chi connectivity index (χ0n) is 13.2. The molecule has 1 aliphatic rings. The number of alkyl halides is 3. The monoisotopic (exact) mass is 396 g/mol. The molecule has 1 amide bonds. The highest BCUT2D eigenvalue weighted by Gasteiger charge is 2.28. The van der Waals surface area contributed by atoms with Gasteiger partial charge in [-0.3, -0.25) is 4.79 Å². The molecular weight excluding hydrogens is 379 g/mol. The standard InChI is InChI=1S/C13H19Cl3N6O2/c1-2-17-11-19-10(13(14,15)16)20-12(21-11)18-4-3-9(23)22-5-7-24-8-6-22/h2-8H2,1H3,(H2,17,18,19,20,21). The minimum absolute atomic E-state index is 0.0143. The van der Waals surface area contributed by atoms with Gasteiger partial charge in [0, 0.05) is 32.6 Å². The highest BCUT2D eigenvalue weighted by atomic mass is 35.6. The maximum Gasteiger partial charge on any atom is 0.250 e. The lowest BCUT2D eigenvalue weighted by Gasteiger charge is -2.26. The fourth-order valence-electron chi connectivity index (χ4n) is 2.07. The number of morpholine rings is 1. The fourth-order valence-corrected chi connectivity index (χ4v) is 2.32. The molecule has 2 N–H and O–H groups in total. The van der Waals surface area contributed by atoms with Gasteiger partial charge < -0.3 is 20.3 Å². The minimum atomic E-state index is -1.76. The average Bonchev–Trinajstić information content (AvgIpc) is 2.55. The first-order valence-electron chi connectivity index (χ1n) is 7.56. The van der Waals surface area contributed by atoms with E-state index in [-0.39, 0.29) is 17.7 Å². The highest BCUT2D eigenvalue weighted by molar-refractivity contribution is 6.66. The number of hydrogen-bond donors (Lipinski definition) is 2. The first-order valence-corrected chi connectivity index (χ1v) is 8.70. The zero-order valence-corrected chi connectivity index (χ0v) is 15.5. The molecule has 0 aromatic carbocycles. The van der Waals surface area contributed by atoms with Gasteiger partial charge in [0.25, 0.3) is 0 Å². The van der Waals surface area contributed by atoms with E-state index in [0.717, 1.165) is 0 Å². The molecule has 134 valence electrons. The second kappa shape index (κ2) is 8.84. The molecular formula is C13H19Cl3N6O2. The lowest BCUT2D eigenvalue weighted by Crippen LogP contribution is -2.41. The van der Waals surface area contributed by atoms with Crippen molar-refractivity contribution in [3.63, 3.8) is 0 Å². The van der Waals surface area contributed by atoms with Crippen molar-refractivity contribution in [2.75, 3.05) is 50.0 Å². The summed E-state index contributed by atoms with van der Waals surface area (Å²) in [6, 6.07) is 0. The number of halogens is 3. The van der Waals surface area contributed by atoms with Gasteiger partial charge in [0.2, 0.25) is 21.6 Å². The van der Waals surface area contributed by atoms with E-state index in [2.05, 4.69) is 25.6 Å². The van der Waals surface area contributed by atoms with Crippen LogP contribution < -0.4 is 10.6 Å². The molecule has 1 fully saturated rings. The molecule has 24 heavy (non-hydrogen) atoms. The van der Waals surface area contributed by atoms with E-state index in [4.69, 9.17) is 39.5 Å². The molecule has 1 aliphatic heterocycles. The van der Waals surface area contributed by atoms with E-state index in [0.29, 0.717) is 51.8 Å². The van der Waals surface area contributed by atoms with Crippen molar-refractivity contribution >= 4 is 52.6 Å². The van der Waals surface area contributed by atoms with E-state index in [1.807, 2.05) is 6.92 Å². The molecule has 1 saturated heterocycles. The summed E-state index contributed by atoms with van der Waals surface area (Å²) in [6.07, 6.45) is 0.311. The number of amides is 1. The van der Waals surface area contributed by atoms with Crippen LogP contribution in [0.25, 0.3) is 0 Å². The second-order valence-electron chi connectivity index (χ2n) is 5.00. The van der Waals surface area contributed by atoms with Crippen molar-refractivity contribution in [1.82, 2.24) is 19.9 Å². The molecule has 11 heteroatoms. The Morgan fingerprint density at radius 1 is 1.17 bits per heavy atom. The summed E-state index contributed by atoms with van der Waals surface area (Å²) in [5.41, 5.74) is 0. The van der Waals surface area contributed by atoms with Crippen LogP contribution >= 0.6 is 34.8 Å². The average molecular weight is 398 g/mol. The van der Waals surface area contributed by atoms with Crippen LogP contribution in [0.1, 0.15) is 19.2 Å². The van der Waals surface area contributed by atoms with Crippen LogP contribution in [0.5, 0.6) is 0 Å². The van der Waals surface area contributed by atoms with Crippen LogP contribution in [0, 0.1) is 0 Å². The summed E-state index contributed by atoms with van der Waals surface area (Å²) in [7, 11) is 0. The fraction of sp³-hybridized carbons (Fsp3) is 0.692. The van der Waals surface area contributed by atoms with Crippen molar-refractivity contribution in [1.29, 1.82) is 0 Å². The third-order valence-corrected chi connectivity index (χ3v) is 3.72. The molecule has 0 unspecified atom stereocenters. The lowest BCUT2D eigenvalue weighted by molar-refractivity contribution is -0.134. The number of nitrogens with one attached hydrogen (secondary N) is 2. The molecule has 0 saturated carbocycles. The summed E-state index contributed by atoms with van der Waals surface area (Å²) in [4.78, 5) is 26.2. The Bertz CT molecular complexity index is 563.